The maximum Gasteiger partial charge on any atom is 0.407 e. The Morgan fingerprint density at radius 2 is 2.29 bits per heavy atom. The highest BCUT2D eigenvalue weighted by Crippen LogP contribution is 2.23. The van der Waals surface area contributed by atoms with Crippen LogP contribution in [-0.2, 0) is 6.54 Å². The second-order valence-electron chi connectivity index (χ2n) is 3.83. The van der Waals surface area contributed by atoms with Crippen molar-refractivity contribution in [3.8, 4) is 0 Å². The first-order chi connectivity index (χ1) is 8.11. The molecule has 1 aromatic heterocycles. The van der Waals surface area contributed by atoms with Gasteiger partial charge in [-0.2, -0.15) is 0 Å². The molecule has 1 aliphatic heterocycles. The molecule has 0 saturated heterocycles. The van der Waals surface area contributed by atoms with E-state index in [-0.39, 0.29) is 0 Å². The summed E-state index contributed by atoms with van der Waals surface area (Å²) >= 11 is 1.48. The number of anilines is 1. The van der Waals surface area contributed by atoms with Crippen LogP contribution >= 0.6 is 11.8 Å². The van der Waals surface area contributed by atoms with Crippen LogP contribution < -0.4 is 4.90 Å². The number of carbonyl (C=O) groups is 1. The van der Waals surface area contributed by atoms with Gasteiger partial charge in [0, 0.05) is 31.9 Å². The summed E-state index contributed by atoms with van der Waals surface area (Å²) in [5.41, 5.74) is 0.852. The Kier molecular flexibility index (Phi) is 3.37. The van der Waals surface area contributed by atoms with E-state index in [9.17, 15) is 4.79 Å². The van der Waals surface area contributed by atoms with E-state index in [4.69, 9.17) is 5.11 Å². The minimum Gasteiger partial charge on any atom is -0.465 e. The lowest BCUT2D eigenvalue weighted by molar-refractivity contribution is 0.144. The van der Waals surface area contributed by atoms with Crippen LogP contribution in [0.2, 0.25) is 0 Å². The normalized spacial score (nSPS) is 15.4. The summed E-state index contributed by atoms with van der Waals surface area (Å²) in [7, 11) is 1.92. The molecule has 0 atom stereocenters. The van der Waals surface area contributed by atoms with Crippen molar-refractivity contribution in [1.82, 2.24) is 14.9 Å². The van der Waals surface area contributed by atoms with E-state index in [0.717, 1.165) is 11.4 Å². The molecule has 0 radical (unpaired) electrons. The zero-order chi connectivity index (χ0) is 12.4. The first kappa shape index (κ1) is 12.0. The molecule has 1 N–H and O–H groups in total. The third-order valence-corrected chi connectivity index (χ3v) is 3.26. The van der Waals surface area contributed by atoms with Gasteiger partial charge in [-0.1, -0.05) is 11.8 Å². The van der Waals surface area contributed by atoms with E-state index in [1.165, 1.54) is 16.7 Å². The van der Waals surface area contributed by atoms with Gasteiger partial charge in [0.25, 0.3) is 0 Å². The van der Waals surface area contributed by atoms with Crippen LogP contribution in [0.15, 0.2) is 11.4 Å². The van der Waals surface area contributed by atoms with Crippen LogP contribution in [0.25, 0.3) is 0 Å². The van der Waals surface area contributed by atoms with Crippen molar-refractivity contribution < 1.29 is 9.90 Å². The zero-order valence-electron chi connectivity index (χ0n) is 9.75. The van der Waals surface area contributed by atoms with Gasteiger partial charge in [-0.05, 0) is 6.26 Å². The van der Waals surface area contributed by atoms with Crippen LogP contribution in [0.1, 0.15) is 5.56 Å². The Bertz CT molecular complexity index is 440. The molecule has 7 heteroatoms. The van der Waals surface area contributed by atoms with E-state index in [0.29, 0.717) is 24.8 Å². The number of fused-ring (bicyclic) bond motifs is 1. The highest BCUT2D eigenvalue weighted by molar-refractivity contribution is 7.98. The van der Waals surface area contributed by atoms with Crippen molar-refractivity contribution in [2.75, 3.05) is 31.3 Å². The minimum atomic E-state index is -0.903. The molecular weight excluding hydrogens is 240 g/mol. The van der Waals surface area contributed by atoms with Crippen LogP contribution in [0.4, 0.5) is 10.6 Å². The molecule has 0 saturated carbocycles. The van der Waals surface area contributed by atoms with Gasteiger partial charge in [0.2, 0.25) is 0 Å². The summed E-state index contributed by atoms with van der Waals surface area (Å²) in [6.45, 7) is 1.48. The fraction of sp³-hybridized carbons (Fsp3) is 0.500. The molecule has 0 fully saturated rings. The van der Waals surface area contributed by atoms with E-state index in [1.54, 1.807) is 6.20 Å². The SMILES string of the molecule is CSc1ncc2c(n1)N(C)CCN(C(=O)O)C2. The average Bonchev–Trinajstić information content (AvgIpc) is 2.49. The number of carboxylic acid groups (broad SMARTS) is 1. The largest absolute Gasteiger partial charge is 0.465 e. The molecule has 2 heterocycles. The summed E-state index contributed by atoms with van der Waals surface area (Å²) < 4.78 is 0. The van der Waals surface area contributed by atoms with E-state index in [2.05, 4.69) is 9.97 Å². The van der Waals surface area contributed by atoms with Gasteiger partial charge in [0.05, 0.1) is 6.54 Å². The smallest absolute Gasteiger partial charge is 0.407 e. The fourth-order valence-corrected chi connectivity index (χ4v) is 2.08. The van der Waals surface area contributed by atoms with Gasteiger partial charge in [0.1, 0.15) is 5.82 Å². The van der Waals surface area contributed by atoms with Gasteiger partial charge < -0.3 is 14.9 Å². The Morgan fingerprint density at radius 3 is 2.94 bits per heavy atom. The molecule has 1 aromatic rings. The number of amides is 1. The fourth-order valence-electron chi connectivity index (χ4n) is 1.75. The minimum absolute atomic E-state index is 0.351. The third-order valence-electron chi connectivity index (χ3n) is 2.70. The molecule has 1 amide bonds. The number of nitrogens with zero attached hydrogens (tertiary/aromatic N) is 4. The number of aromatic nitrogens is 2. The molecule has 6 nitrogen and oxygen atoms in total. The first-order valence-corrected chi connectivity index (χ1v) is 6.43. The van der Waals surface area contributed by atoms with Crippen molar-refractivity contribution in [3.63, 3.8) is 0 Å². The maximum absolute atomic E-state index is 11.0. The summed E-state index contributed by atoms with van der Waals surface area (Å²) in [6, 6.07) is 0. The second-order valence-corrected chi connectivity index (χ2v) is 4.60. The number of hydrogen-bond donors (Lipinski definition) is 1. The van der Waals surface area contributed by atoms with Crippen LogP contribution in [-0.4, -0.2) is 52.5 Å². The standard InChI is InChI=1S/C10H14N4O2S/c1-13-3-4-14(10(15)16)6-7-5-11-9(17-2)12-8(7)13/h5H,3-4,6H2,1-2H3,(H,15,16). The molecule has 92 valence electrons. The summed E-state index contributed by atoms with van der Waals surface area (Å²) in [4.78, 5) is 23.0. The van der Waals surface area contributed by atoms with Gasteiger partial charge in [-0.15, -0.1) is 0 Å². The Labute approximate surface area is 104 Å². The number of hydrogen-bond acceptors (Lipinski definition) is 5. The highest BCUT2D eigenvalue weighted by Gasteiger charge is 2.22. The lowest BCUT2D eigenvalue weighted by atomic mass is 10.3. The second kappa shape index (κ2) is 4.79. The van der Waals surface area contributed by atoms with Gasteiger partial charge in [-0.25, -0.2) is 14.8 Å². The predicted molar refractivity (Wildman–Crippen MR) is 65.5 cm³/mol. The lowest BCUT2D eigenvalue weighted by Crippen LogP contribution is -2.33. The molecule has 0 spiro atoms. The predicted octanol–water partition coefficient (Wildman–Crippen LogP) is 1.13. The molecule has 0 aromatic carbocycles. The monoisotopic (exact) mass is 254 g/mol. The van der Waals surface area contributed by atoms with E-state index < -0.39 is 6.09 Å². The number of likely N-dealkylation sites (N-methyl/N-ethyl adjacent to an activating group) is 1. The van der Waals surface area contributed by atoms with Crippen LogP contribution in [0.5, 0.6) is 0 Å². The Hall–Kier alpha value is -1.50. The molecular formula is C10H14N4O2S. The van der Waals surface area contributed by atoms with E-state index >= 15 is 0 Å². The summed E-state index contributed by atoms with van der Waals surface area (Å²) in [5, 5.41) is 9.75. The Balaban J connectivity index is 2.36. The average molecular weight is 254 g/mol. The van der Waals surface area contributed by atoms with Crippen molar-refractivity contribution in [2.45, 2.75) is 11.7 Å². The molecule has 17 heavy (non-hydrogen) atoms. The highest BCUT2D eigenvalue weighted by atomic mass is 32.2. The molecule has 2 rings (SSSR count). The first-order valence-electron chi connectivity index (χ1n) is 5.20. The quantitative estimate of drug-likeness (QED) is 0.598. The van der Waals surface area contributed by atoms with Crippen molar-refractivity contribution in [3.05, 3.63) is 11.8 Å². The van der Waals surface area contributed by atoms with Gasteiger partial charge in [-0.3, -0.25) is 0 Å². The van der Waals surface area contributed by atoms with Gasteiger partial charge >= 0.3 is 6.09 Å². The third kappa shape index (κ3) is 2.44. The summed E-state index contributed by atoms with van der Waals surface area (Å²) in [6.07, 6.45) is 2.73. The summed E-state index contributed by atoms with van der Waals surface area (Å²) in [5.74, 6) is 0.827. The molecule has 0 unspecified atom stereocenters. The van der Waals surface area contributed by atoms with Gasteiger partial charge in [0.15, 0.2) is 5.16 Å². The van der Waals surface area contributed by atoms with Crippen molar-refractivity contribution >= 4 is 23.7 Å². The van der Waals surface area contributed by atoms with E-state index in [1.807, 2.05) is 18.2 Å². The zero-order valence-corrected chi connectivity index (χ0v) is 10.6. The van der Waals surface area contributed by atoms with Crippen molar-refractivity contribution in [1.29, 1.82) is 0 Å². The molecule has 1 aliphatic rings. The topological polar surface area (TPSA) is 69.6 Å². The molecule has 0 aliphatic carbocycles. The maximum atomic E-state index is 11.0. The molecule has 0 bridgehead atoms. The van der Waals surface area contributed by atoms with Crippen molar-refractivity contribution in [2.24, 2.45) is 0 Å². The lowest BCUT2D eigenvalue weighted by Gasteiger charge is -2.17. The number of rotatable bonds is 1. The Morgan fingerprint density at radius 1 is 1.53 bits per heavy atom. The number of thioether (sulfide) groups is 1. The van der Waals surface area contributed by atoms with Crippen LogP contribution in [0, 0.1) is 0 Å². The van der Waals surface area contributed by atoms with Crippen LogP contribution in [0.3, 0.4) is 0 Å².